The van der Waals surface area contributed by atoms with E-state index >= 15 is 0 Å². The van der Waals surface area contributed by atoms with E-state index in [4.69, 9.17) is 14.2 Å². The van der Waals surface area contributed by atoms with Crippen LogP contribution < -0.4 is 18.9 Å². The van der Waals surface area contributed by atoms with Crippen LogP contribution in [0.1, 0.15) is 16.8 Å². The minimum absolute atomic E-state index is 0.0738. The maximum absolute atomic E-state index is 12.9. The fraction of sp³-hybridized carbons (Fsp3) is 0.304. The van der Waals surface area contributed by atoms with Gasteiger partial charge in [0.05, 0.1) is 38.3 Å². The number of nitrogens with one attached hydrogen (secondary N) is 1. The predicted octanol–water partition coefficient (Wildman–Crippen LogP) is 3.10. The second-order valence-electron chi connectivity index (χ2n) is 7.64. The van der Waals surface area contributed by atoms with Crippen LogP contribution in [0.15, 0.2) is 46.7 Å². The summed E-state index contributed by atoms with van der Waals surface area (Å²) in [5.74, 6) is 1.79. The number of amides is 1. The highest BCUT2D eigenvalue weighted by Gasteiger charge is 2.24. The molecule has 34 heavy (non-hydrogen) atoms. The van der Waals surface area contributed by atoms with Gasteiger partial charge in [-0.2, -0.15) is 0 Å². The van der Waals surface area contributed by atoms with Crippen molar-refractivity contribution in [1.29, 1.82) is 0 Å². The number of benzene rings is 2. The predicted molar refractivity (Wildman–Crippen MR) is 128 cm³/mol. The first-order valence-electron chi connectivity index (χ1n) is 10.5. The first-order valence-corrected chi connectivity index (χ1v) is 12.8. The fourth-order valence-corrected chi connectivity index (χ4v) is 5.69. The lowest BCUT2D eigenvalue weighted by molar-refractivity contribution is -0.131. The zero-order chi connectivity index (χ0) is 24.3. The van der Waals surface area contributed by atoms with Gasteiger partial charge < -0.3 is 19.1 Å². The van der Waals surface area contributed by atoms with Crippen molar-refractivity contribution in [2.45, 2.75) is 24.3 Å². The fourth-order valence-electron chi connectivity index (χ4n) is 3.73. The lowest BCUT2D eigenvalue weighted by Gasteiger charge is -2.29. The number of rotatable bonds is 8. The number of nitrogens with zero attached hydrogens (tertiary/aromatic N) is 2. The summed E-state index contributed by atoms with van der Waals surface area (Å²) >= 11 is 1.14. The molecule has 9 nitrogen and oxygen atoms in total. The molecule has 0 saturated heterocycles. The number of hydrogen-bond acceptors (Lipinski definition) is 8. The number of carbonyl (C=O) groups is 1. The average Bonchev–Trinajstić information content (AvgIpc) is 3.28. The van der Waals surface area contributed by atoms with Crippen LogP contribution in [0.2, 0.25) is 0 Å². The molecule has 0 unspecified atom stereocenters. The van der Waals surface area contributed by atoms with Gasteiger partial charge in [0.2, 0.25) is 5.91 Å². The Morgan fingerprint density at radius 1 is 1.06 bits per heavy atom. The largest absolute Gasteiger partial charge is 0.497 e. The molecule has 2 aromatic carbocycles. The number of sulfonamides is 1. The van der Waals surface area contributed by atoms with Crippen molar-refractivity contribution in [2.75, 3.05) is 32.6 Å². The summed E-state index contributed by atoms with van der Waals surface area (Å²) < 4.78 is 43.5. The first-order chi connectivity index (χ1) is 16.3. The van der Waals surface area contributed by atoms with Crippen LogP contribution >= 0.6 is 11.3 Å². The molecule has 1 aliphatic heterocycles. The third-order valence-corrected chi connectivity index (χ3v) is 7.84. The molecule has 0 spiro atoms. The van der Waals surface area contributed by atoms with E-state index in [1.807, 2.05) is 12.1 Å². The van der Waals surface area contributed by atoms with Crippen LogP contribution in [-0.2, 0) is 34.2 Å². The Hall–Kier alpha value is -3.31. The van der Waals surface area contributed by atoms with Gasteiger partial charge in [0.25, 0.3) is 10.0 Å². The Morgan fingerprint density at radius 3 is 2.38 bits per heavy atom. The van der Waals surface area contributed by atoms with Crippen LogP contribution in [0.3, 0.4) is 0 Å². The van der Waals surface area contributed by atoms with Crippen molar-refractivity contribution in [3.63, 3.8) is 0 Å². The Labute approximate surface area is 202 Å². The van der Waals surface area contributed by atoms with Crippen molar-refractivity contribution < 1.29 is 27.4 Å². The number of methoxy groups -OCH3 is 3. The second kappa shape index (κ2) is 9.90. The molecule has 11 heteroatoms. The number of thiazole rings is 1. The van der Waals surface area contributed by atoms with E-state index < -0.39 is 10.0 Å². The summed E-state index contributed by atoms with van der Waals surface area (Å²) in [7, 11) is 0.897. The monoisotopic (exact) mass is 503 g/mol. The van der Waals surface area contributed by atoms with Gasteiger partial charge in [-0.1, -0.05) is 0 Å². The van der Waals surface area contributed by atoms with E-state index in [0.717, 1.165) is 22.5 Å². The lowest BCUT2D eigenvalue weighted by Crippen LogP contribution is -2.37. The quantitative estimate of drug-likeness (QED) is 0.503. The molecule has 1 amide bonds. The molecule has 0 bridgehead atoms. The van der Waals surface area contributed by atoms with Crippen molar-refractivity contribution in [3.8, 4) is 17.2 Å². The number of ether oxygens (including phenoxy) is 3. The first kappa shape index (κ1) is 23.8. The molecule has 0 atom stereocenters. The topological polar surface area (TPSA) is 107 Å². The Morgan fingerprint density at radius 2 is 1.74 bits per heavy atom. The van der Waals surface area contributed by atoms with Crippen molar-refractivity contribution in [3.05, 3.63) is 58.6 Å². The number of fused-ring (bicyclic) bond motifs is 1. The molecule has 0 saturated carbocycles. The zero-order valence-electron chi connectivity index (χ0n) is 19.0. The van der Waals surface area contributed by atoms with Gasteiger partial charge in [0.15, 0.2) is 16.6 Å². The smallest absolute Gasteiger partial charge is 0.263 e. The van der Waals surface area contributed by atoms with E-state index in [2.05, 4.69) is 9.71 Å². The van der Waals surface area contributed by atoms with Gasteiger partial charge in [0, 0.05) is 18.5 Å². The molecule has 4 rings (SSSR count). The van der Waals surface area contributed by atoms with Gasteiger partial charge >= 0.3 is 0 Å². The average molecular weight is 504 g/mol. The van der Waals surface area contributed by atoms with Crippen LogP contribution in [0.25, 0.3) is 0 Å². The summed E-state index contributed by atoms with van der Waals surface area (Å²) in [5.41, 5.74) is 2.66. The van der Waals surface area contributed by atoms with E-state index in [0.29, 0.717) is 42.5 Å². The number of carbonyl (C=O) groups excluding carboxylic acids is 1. The second-order valence-corrected chi connectivity index (χ2v) is 10.2. The summed E-state index contributed by atoms with van der Waals surface area (Å²) in [4.78, 5) is 19.1. The molecule has 1 aromatic heterocycles. The van der Waals surface area contributed by atoms with Gasteiger partial charge in [-0.15, -0.1) is 11.3 Å². The Kier molecular flexibility index (Phi) is 6.94. The van der Waals surface area contributed by atoms with E-state index in [-0.39, 0.29) is 22.4 Å². The highest BCUT2D eigenvalue weighted by molar-refractivity contribution is 7.93. The molecule has 0 aliphatic carbocycles. The minimum atomic E-state index is -3.79. The SMILES string of the molecule is COc1ccc(S(=O)(=O)Nc2nc(CC(=O)N3CCc4cc(OC)c(OC)cc4C3)cs2)cc1. The van der Waals surface area contributed by atoms with Crippen LogP contribution in [0.4, 0.5) is 5.13 Å². The van der Waals surface area contributed by atoms with Crippen LogP contribution in [0, 0.1) is 0 Å². The van der Waals surface area contributed by atoms with Gasteiger partial charge in [0.1, 0.15) is 5.75 Å². The molecule has 2 heterocycles. The summed E-state index contributed by atoms with van der Waals surface area (Å²) in [6, 6.07) is 9.92. The molecule has 3 aromatic rings. The Balaban J connectivity index is 1.41. The third-order valence-electron chi connectivity index (χ3n) is 5.55. The van der Waals surface area contributed by atoms with Crippen molar-refractivity contribution >= 4 is 32.4 Å². The highest BCUT2D eigenvalue weighted by Crippen LogP contribution is 2.33. The maximum Gasteiger partial charge on any atom is 0.263 e. The van der Waals surface area contributed by atoms with E-state index in [9.17, 15) is 13.2 Å². The van der Waals surface area contributed by atoms with Crippen molar-refractivity contribution in [2.24, 2.45) is 0 Å². The number of aromatic nitrogens is 1. The third kappa shape index (κ3) is 5.10. The molecular formula is C23H25N3O6S2. The molecule has 180 valence electrons. The molecule has 1 N–H and O–H groups in total. The lowest BCUT2D eigenvalue weighted by atomic mass is 9.98. The summed E-state index contributed by atoms with van der Waals surface area (Å²) in [6.07, 6.45) is 0.800. The van der Waals surface area contributed by atoms with Crippen molar-refractivity contribution in [1.82, 2.24) is 9.88 Å². The van der Waals surface area contributed by atoms with Crippen LogP contribution in [-0.4, -0.2) is 52.1 Å². The Bertz CT molecular complexity index is 1290. The van der Waals surface area contributed by atoms with E-state index in [1.165, 1.54) is 19.2 Å². The maximum atomic E-state index is 12.9. The van der Waals surface area contributed by atoms with Gasteiger partial charge in [-0.05, 0) is 53.9 Å². The number of hydrogen-bond donors (Lipinski definition) is 1. The summed E-state index contributed by atoms with van der Waals surface area (Å²) in [6.45, 7) is 1.05. The normalized spacial score (nSPS) is 13.2. The summed E-state index contributed by atoms with van der Waals surface area (Å²) in [5, 5.41) is 1.90. The molecule has 0 radical (unpaired) electrons. The molecule has 1 aliphatic rings. The van der Waals surface area contributed by atoms with Gasteiger partial charge in [-0.25, -0.2) is 13.4 Å². The molecular weight excluding hydrogens is 478 g/mol. The molecule has 0 fully saturated rings. The van der Waals surface area contributed by atoms with E-state index in [1.54, 1.807) is 36.6 Å². The minimum Gasteiger partial charge on any atom is -0.497 e. The van der Waals surface area contributed by atoms with Crippen LogP contribution in [0.5, 0.6) is 17.2 Å². The zero-order valence-corrected chi connectivity index (χ0v) is 20.7. The number of anilines is 1. The standard InChI is InChI=1S/C23H25N3O6S2/c1-30-18-4-6-19(7-5-18)34(28,29)25-23-24-17(14-33-23)12-22(27)26-9-8-15-10-20(31-2)21(32-3)11-16(15)13-26/h4-7,10-11,14H,8-9,12-13H2,1-3H3,(H,24,25). The highest BCUT2D eigenvalue weighted by atomic mass is 32.2. The van der Waals surface area contributed by atoms with Gasteiger partial charge in [-0.3, -0.25) is 9.52 Å².